The summed E-state index contributed by atoms with van der Waals surface area (Å²) in [6.45, 7) is 6.00. The molecule has 184 valence electrons. The van der Waals surface area contributed by atoms with Gasteiger partial charge in [0.1, 0.15) is 0 Å². The van der Waals surface area contributed by atoms with Gasteiger partial charge in [0.25, 0.3) is 0 Å². The van der Waals surface area contributed by atoms with Crippen LogP contribution in [0.1, 0.15) is 24.0 Å². The number of fused-ring (bicyclic) bond motifs is 2. The minimum atomic E-state index is 0. The second kappa shape index (κ2) is 16.9. The smallest absolute Gasteiger partial charge is 1.00 e. The molecule has 2 aromatic carbocycles. The van der Waals surface area contributed by atoms with Crippen molar-refractivity contribution >= 4 is 11.1 Å². The molecule has 0 atom stereocenters. The molecule has 0 spiro atoms. The van der Waals surface area contributed by atoms with E-state index in [0.29, 0.717) is 0 Å². The molecule has 0 radical (unpaired) electrons. The molecule has 0 aliphatic heterocycles. The van der Waals surface area contributed by atoms with Gasteiger partial charge in [-0.15, -0.1) is 48.6 Å². The second-order valence-corrected chi connectivity index (χ2v) is 8.02. The van der Waals surface area contributed by atoms with Gasteiger partial charge in [0.05, 0.1) is 0 Å². The summed E-state index contributed by atoms with van der Waals surface area (Å²) >= 11 is 0. The number of benzene rings is 2. The molecule has 0 N–H and O–H groups in total. The molecule has 0 bridgehead atoms. The van der Waals surface area contributed by atoms with E-state index in [1.165, 1.54) is 44.6 Å². The van der Waals surface area contributed by atoms with Crippen LogP contribution in [0.5, 0.6) is 0 Å². The van der Waals surface area contributed by atoms with E-state index in [1.807, 2.05) is 0 Å². The summed E-state index contributed by atoms with van der Waals surface area (Å²) in [6.07, 6.45) is 28.5. The average Bonchev–Trinajstić information content (AvgIpc) is 3.46. The standard InChI is InChI=1S/2C16H13.C2H4.2ClH.Zr/c2*1-2-7-13(8-3-1)15-11-5-4-9-14-10-6-12-16(14)15;1-2;;;/h2*1-5,7-12H,6H2;1-2H2;2*1H;/q2*-1;;;;+4/p-2. The van der Waals surface area contributed by atoms with Gasteiger partial charge < -0.3 is 24.8 Å². The Morgan fingerprint density at radius 1 is 0.486 bits per heavy atom. The predicted octanol–water partition coefficient (Wildman–Crippen LogP) is 3.01. The zero-order chi connectivity index (χ0) is 23.6. The molecular formula is C34H30Cl2Zr. The quantitative estimate of drug-likeness (QED) is 0.368. The second-order valence-electron chi connectivity index (χ2n) is 8.02. The van der Waals surface area contributed by atoms with Gasteiger partial charge in [-0.05, 0) is 11.1 Å². The van der Waals surface area contributed by atoms with Crippen LogP contribution in [-0.4, -0.2) is 0 Å². The molecule has 0 unspecified atom stereocenters. The zero-order valence-electron chi connectivity index (χ0n) is 20.8. The molecule has 4 aliphatic carbocycles. The maximum Gasteiger partial charge on any atom is 4.00 e. The largest absolute Gasteiger partial charge is 4.00 e. The van der Waals surface area contributed by atoms with Crippen LogP contribution >= 0.6 is 0 Å². The van der Waals surface area contributed by atoms with Gasteiger partial charge in [0.15, 0.2) is 0 Å². The zero-order valence-corrected chi connectivity index (χ0v) is 24.8. The monoisotopic (exact) mass is 598 g/mol. The van der Waals surface area contributed by atoms with E-state index in [4.69, 9.17) is 0 Å². The first-order chi connectivity index (χ1) is 16.9. The molecule has 4 aliphatic rings. The van der Waals surface area contributed by atoms with Crippen LogP contribution in [0.15, 0.2) is 157 Å². The third-order valence-corrected chi connectivity index (χ3v) is 5.99. The summed E-state index contributed by atoms with van der Waals surface area (Å²) in [5.41, 5.74) is 10.7. The van der Waals surface area contributed by atoms with Crippen LogP contribution in [0.3, 0.4) is 0 Å². The number of allylic oxidation sites excluding steroid dienone is 16. The summed E-state index contributed by atoms with van der Waals surface area (Å²) in [7, 11) is 0. The molecule has 3 heteroatoms. The minimum absolute atomic E-state index is 0. The Morgan fingerprint density at radius 3 is 1.22 bits per heavy atom. The van der Waals surface area contributed by atoms with Crippen LogP contribution in [0.2, 0.25) is 0 Å². The molecular weight excluding hydrogens is 571 g/mol. The van der Waals surface area contributed by atoms with Crippen LogP contribution in [0.4, 0.5) is 0 Å². The van der Waals surface area contributed by atoms with E-state index in [9.17, 15) is 0 Å². The van der Waals surface area contributed by atoms with Gasteiger partial charge in [-0.1, -0.05) is 109 Å². The SMILES string of the molecule is C1=CC=C(c2ccccc2)C2=CC[CH-]C2=C1.C1=CC=C(c2ccccc2)C2=CC[CH-]C2=C1.C=C.[Cl-].[Cl-].[Zr+4]. The number of hydrogen-bond donors (Lipinski definition) is 0. The van der Waals surface area contributed by atoms with E-state index in [-0.39, 0.29) is 51.0 Å². The summed E-state index contributed by atoms with van der Waals surface area (Å²) in [5.74, 6) is 0. The van der Waals surface area contributed by atoms with Crippen molar-refractivity contribution in [3.8, 4) is 0 Å². The Labute approximate surface area is 254 Å². The summed E-state index contributed by atoms with van der Waals surface area (Å²) < 4.78 is 0. The van der Waals surface area contributed by atoms with Crippen molar-refractivity contribution in [2.75, 3.05) is 0 Å². The van der Waals surface area contributed by atoms with E-state index in [1.54, 1.807) is 0 Å². The van der Waals surface area contributed by atoms with Gasteiger partial charge in [0, 0.05) is 0 Å². The summed E-state index contributed by atoms with van der Waals surface area (Å²) in [6, 6.07) is 21.2. The molecule has 0 amide bonds. The van der Waals surface area contributed by atoms with E-state index in [0.717, 1.165) is 12.8 Å². The van der Waals surface area contributed by atoms with Crippen molar-refractivity contribution in [1.29, 1.82) is 0 Å². The van der Waals surface area contributed by atoms with Crippen molar-refractivity contribution in [2.45, 2.75) is 12.8 Å². The normalized spacial score (nSPS) is 15.6. The molecule has 2 aromatic rings. The Balaban J connectivity index is 0.000000322. The van der Waals surface area contributed by atoms with Crippen LogP contribution in [-0.2, 0) is 26.2 Å². The Hall–Kier alpha value is -2.70. The van der Waals surface area contributed by atoms with Gasteiger partial charge in [-0.25, -0.2) is 0 Å². The minimum Gasteiger partial charge on any atom is -1.00 e. The maximum absolute atomic E-state index is 3.00. The number of hydrogen-bond acceptors (Lipinski definition) is 0. The average molecular weight is 601 g/mol. The van der Waals surface area contributed by atoms with Crippen molar-refractivity contribution in [3.63, 3.8) is 0 Å². The molecule has 37 heavy (non-hydrogen) atoms. The van der Waals surface area contributed by atoms with Crippen molar-refractivity contribution < 1.29 is 51.0 Å². The maximum atomic E-state index is 3.00. The Morgan fingerprint density at radius 2 is 0.838 bits per heavy atom. The van der Waals surface area contributed by atoms with Gasteiger partial charge >= 0.3 is 26.2 Å². The van der Waals surface area contributed by atoms with Crippen molar-refractivity contribution in [3.05, 3.63) is 181 Å². The van der Waals surface area contributed by atoms with E-state index >= 15 is 0 Å². The fraction of sp³-hybridized carbons (Fsp3) is 0.0588. The molecule has 0 nitrogen and oxygen atoms in total. The fourth-order valence-electron chi connectivity index (χ4n) is 4.45. The van der Waals surface area contributed by atoms with Gasteiger partial charge in [-0.2, -0.15) is 36.1 Å². The first-order valence-corrected chi connectivity index (χ1v) is 11.8. The Bertz CT molecular complexity index is 1150. The fourth-order valence-corrected chi connectivity index (χ4v) is 4.45. The molecule has 0 heterocycles. The molecule has 0 saturated carbocycles. The number of halogens is 2. The van der Waals surface area contributed by atoms with Crippen LogP contribution in [0.25, 0.3) is 11.1 Å². The first-order valence-electron chi connectivity index (χ1n) is 11.8. The molecule has 0 aromatic heterocycles. The first kappa shape index (κ1) is 32.3. The van der Waals surface area contributed by atoms with Crippen LogP contribution in [0, 0.1) is 12.8 Å². The molecule has 0 fully saturated rings. The van der Waals surface area contributed by atoms with E-state index in [2.05, 4.69) is 147 Å². The van der Waals surface area contributed by atoms with Crippen molar-refractivity contribution in [2.24, 2.45) is 0 Å². The van der Waals surface area contributed by atoms with Gasteiger partial charge in [0.2, 0.25) is 0 Å². The van der Waals surface area contributed by atoms with E-state index < -0.39 is 0 Å². The van der Waals surface area contributed by atoms with Crippen molar-refractivity contribution in [1.82, 2.24) is 0 Å². The summed E-state index contributed by atoms with van der Waals surface area (Å²) in [5, 5.41) is 0. The topological polar surface area (TPSA) is 0 Å². The third kappa shape index (κ3) is 8.14. The summed E-state index contributed by atoms with van der Waals surface area (Å²) in [4.78, 5) is 0. The predicted molar refractivity (Wildman–Crippen MR) is 149 cm³/mol. The third-order valence-electron chi connectivity index (χ3n) is 5.99. The molecule has 0 saturated heterocycles. The molecule has 6 rings (SSSR count). The van der Waals surface area contributed by atoms with Gasteiger partial charge in [-0.3, -0.25) is 0 Å². The number of rotatable bonds is 2. The Kier molecular flexibility index (Phi) is 14.8. The van der Waals surface area contributed by atoms with Crippen LogP contribution < -0.4 is 24.8 Å².